The molecule has 1 fully saturated rings. The maximum atomic E-state index is 14.4. The molecule has 3 rings (SSSR count). The van der Waals surface area contributed by atoms with Gasteiger partial charge in [0.25, 0.3) is 0 Å². The van der Waals surface area contributed by atoms with E-state index < -0.39 is 11.6 Å². The maximum absolute atomic E-state index is 14.4. The summed E-state index contributed by atoms with van der Waals surface area (Å²) in [5, 5.41) is 0. The Morgan fingerprint density at radius 3 is 2.32 bits per heavy atom. The maximum Gasteiger partial charge on any atom is 0.200 e. The van der Waals surface area contributed by atoms with Gasteiger partial charge in [-0.05, 0) is 92.5 Å². The van der Waals surface area contributed by atoms with Crippen LogP contribution < -0.4 is 4.74 Å². The summed E-state index contributed by atoms with van der Waals surface area (Å²) in [6.07, 6.45) is 6.12. The van der Waals surface area contributed by atoms with Crippen molar-refractivity contribution in [2.75, 3.05) is 6.61 Å². The molecule has 1 saturated carbocycles. The molecule has 2 aromatic carbocycles. The second kappa shape index (κ2) is 9.49. The highest BCUT2D eigenvalue weighted by molar-refractivity contribution is 5.33. The van der Waals surface area contributed by atoms with E-state index in [2.05, 4.69) is 0 Å². The second-order valence-corrected chi connectivity index (χ2v) is 7.75. The third-order valence-corrected chi connectivity index (χ3v) is 6.01. The molecule has 0 unspecified atom stereocenters. The van der Waals surface area contributed by atoms with Crippen LogP contribution in [0.2, 0.25) is 0 Å². The molecule has 1 aliphatic carbocycles. The number of halogens is 3. The number of aryl methyl sites for hydroxylation is 2. The van der Waals surface area contributed by atoms with Gasteiger partial charge in [0.05, 0.1) is 6.61 Å². The third-order valence-electron chi connectivity index (χ3n) is 6.01. The van der Waals surface area contributed by atoms with E-state index in [4.69, 9.17) is 4.74 Å². The number of hydrogen-bond donors (Lipinski definition) is 0. The van der Waals surface area contributed by atoms with E-state index in [0.717, 1.165) is 56.1 Å². The lowest BCUT2D eigenvalue weighted by atomic mass is 9.76. The van der Waals surface area contributed by atoms with Crippen LogP contribution in [0.1, 0.15) is 68.6 Å². The summed E-state index contributed by atoms with van der Waals surface area (Å²) >= 11 is 0. The summed E-state index contributed by atoms with van der Waals surface area (Å²) in [7, 11) is 0. The first-order valence-electron chi connectivity index (χ1n) is 10.4. The lowest BCUT2D eigenvalue weighted by molar-refractivity contribution is 0.296. The minimum absolute atomic E-state index is 0.0199. The van der Waals surface area contributed by atoms with Crippen molar-refractivity contribution in [2.24, 2.45) is 5.92 Å². The third kappa shape index (κ3) is 4.71. The van der Waals surface area contributed by atoms with Crippen molar-refractivity contribution >= 4 is 0 Å². The molecule has 0 N–H and O–H groups in total. The highest BCUT2D eigenvalue weighted by Crippen LogP contribution is 2.40. The molecule has 0 bridgehead atoms. The zero-order valence-electron chi connectivity index (χ0n) is 16.7. The zero-order valence-corrected chi connectivity index (χ0v) is 16.7. The monoisotopic (exact) mass is 390 g/mol. The van der Waals surface area contributed by atoms with Crippen LogP contribution in [0.25, 0.3) is 0 Å². The van der Waals surface area contributed by atoms with Crippen molar-refractivity contribution in [3.63, 3.8) is 0 Å². The van der Waals surface area contributed by atoms with E-state index in [9.17, 15) is 13.2 Å². The molecular formula is C24H29F3O. The molecule has 28 heavy (non-hydrogen) atoms. The van der Waals surface area contributed by atoms with Gasteiger partial charge in [0.2, 0.25) is 5.82 Å². The van der Waals surface area contributed by atoms with E-state index in [1.165, 1.54) is 6.07 Å². The van der Waals surface area contributed by atoms with Gasteiger partial charge < -0.3 is 4.74 Å². The Bertz CT molecular complexity index is 795. The van der Waals surface area contributed by atoms with E-state index in [0.29, 0.717) is 18.1 Å². The van der Waals surface area contributed by atoms with Gasteiger partial charge in [0, 0.05) is 0 Å². The van der Waals surface area contributed by atoms with Gasteiger partial charge >= 0.3 is 0 Å². The Morgan fingerprint density at radius 1 is 0.929 bits per heavy atom. The summed E-state index contributed by atoms with van der Waals surface area (Å²) in [5.41, 5.74) is 2.26. The van der Waals surface area contributed by atoms with Gasteiger partial charge in [-0.3, -0.25) is 0 Å². The summed E-state index contributed by atoms with van der Waals surface area (Å²) in [6, 6.07) is 8.73. The molecule has 0 spiro atoms. The predicted octanol–water partition coefficient (Wildman–Crippen LogP) is 6.97. The fourth-order valence-corrected chi connectivity index (χ4v) is 4.26. The van der Waals surface area contributed by atoms with E-state index in [-0.39, 0.29) is 17.5 Å². The van der Waals surface area contributed by atoms with Crippen molar-refractivity contribution in [3.8, 4) is 5.75 Å². The highest BCUT2D eigenvalue weighted by Gasteiger charge is 2.26. The molecule has 4 heteroatoms. The molecule has 0 heterocycles. The Kier molecular flexibility index (Phi) is 7.03. The van der Waals surface area contributed by atoms with Crippen LogP contribution in [0.4, 0.5) is 13.2 Å². The summed E-state index contributed by atoms with van der Waals surface area (Å²) in [6.45, 7) is 4.07. The molecule has 0 saturated heterocycles. The Balaban J connectivity index is 1.55. The molecule has 0 aromatic heterocycles. The van der Waals surface area contributed by atoms with Gasteiger partial charge in [-0.15, -0.1) is 0 Å². The number of ether oxygens (including phenoxy) is 1. The number of benzene rings is 2. The summed E-state index contributed by atoms with van der Waals surface area (Å²) in [4.78, 5) is 0. The standard InChI is InChI=1S/C24H29F3O/c1-3-16-5-11-19(21(25)15-16)12-8-17-6-9-18(10-7-17)20-13-14-22(28-4-2)24(27)23(20)26/h5,11,13-15,17-18H,3-4,6-10,12H2,1-2H3. The lowest BCUT2D eigenvalue weighted by Crippen LogP contribution is -2.16. The Morgan fingerprint density at radius 2 is 1.68 bits per heavy atom. The molecule has 1 nitrogen and oxygen atoms in total. The molecule has 2 aromatic rings. The zero-order chi connectivity index (χ0) is 20.1. The first-order valence-corrected chi connectivity index (χ1v) is 10.4. The number of rotatable bonds is 7. The minimum atomic E-state index is -0.882. The van der Waals surface area contributed by atoms with Crippen molar-refractivity contribution in [1.82, 2.24) is 0 Å². The summed E-state index contributed by atoms with van der Waals surface area (Å²) in [5.74, 6) is -1.23. The van der Waals surface area contributed by atoms with E-state index in [1.54, 1.807) is 19.1 Å². The molecule has 0 radical (unpaired) electrons. The molecular weight excluding hydrogens is 361 g/mol. The second-order valence-electron chi connectivity index (χ2n) is 7.75. The van der Waals surface area contributed by atoms with Gasteiger partial charge in [-0.1, -0.05) is 25.1 Å². The first-order chi connectivity index (χ1) is 13.5. The first kappa shape index (κ1) is 20.8. The summed E-state index contributed by atoms with van der Waals surface area (Å²) < 4.78 is 47.9. The average Bonchev–Trinajstić information content (AvgIpc) is 2.71. The molecule has 1 aliphatic rings. The van der Waals surface area contributed by atoms with Crippen LogP contribution in [-0.2, 0) is 12.8 Å². The van der Waals surface area contributed by atoms with Crippen LogP contribution in [0.15, 0.2) is 30.3 Å². The largest absolute Gasteiger partial charge is 0.491 e. The van der Waals surface area contributed by atoms with Crippen molar-refractivity contribution in [3.05, 3.63) is 64.5 Å². The molecule has 152 valence electrons. The van der Waals surface area contributed by atoms with Crippen LogP contribution in [-0.4, -0.2) is 6.61 Å². The van der Waals surface area contributed by atoms with Crippen LogP contribution in [0.5, 0.6) is 5.75 Å². The fraction of sp³-hybridized carbons (Fsp3) is 0.500. The highest BCUT2D eigenvalue weighted by atomic mass is 19.2. The van der Waals surface area contributed by atoms with Crippen molar-refractivity contribution in [1.29, 1.82) is 0 Å². The Hall–Kier alpha value is -1.97. The van der Waals surface area contributed by atoms with Crippen LogP contribution in [0.3, 0.4) is 0 Å². The smallest absolute Gasteiger partial charge is 0.200 e. The van der Waals surface area contributed by atoms with Gasteiger partial charge in [0.1, 0.15) is 5.82 Å². The van der Waals surface area contributed by atoms with Crippen LogP contribution in [0, 0.1) is 23.4 Å². The van der Waals surface area contributed by atoms with Gasteiger partial charge in [-0.25, -0.2) is 8.78 Å². The van der Waals surface area contributed by atoms with Crippen LogP contribution >= 0.6 is 0 Å². The quantitative estimate of drug-likeness (QED) is 0.496. The predicted molar refractivity (Wildman–Crippen MR) is 106 cm³/mol. The van der Waals surface area contributed by atoms with E-state index in [1.807, 2.05) is 19.1 Å². The van der Waals surface area contributed by atoms with E-state index >= 15 is 0 Å². The SMILES string of the molecule is CCOc1ccc(C2CCC(CCc3ccc(CC)cc3F)CC2)c(F)c1F. The normalized spacial score (nSPS) is 19.6. The molecule has 0 amide bonds. The molecule has 0 aliphatic heterocycles. The lowest BCUT2D eigenvalue weighted by Gasteiger charge is -2.29. The topological polar surface area (TPSA) is 9.23 Å². The van der Waals surface area contributed by atoms with Gasteiger partial charge in [-0.2, -0.15) is 4.39 Å². The Labute approximate surface area is 165 Å². The van der Waals surface area contributed by atoms with Crippen molar-refractivity contribution < 1.29 is 17.9 Å². The van der Waals surface area contributed by atoms with Gasteiger partial charge in [0.15, 0.2) is 11.6 Å². The average molecular weight is 390 g/mol. The fourth-order valence-electron chi connectivity index (χ4n) is 4.26. The van der Waals surface area contributed by atoms with Crippen molar-refractivity contribution in [2.45, 2.75) is 64.7 Å². The number of hydrogen-bond acceptors (Lipinski definition) is 1. The molecule has 0 atom stereocenters. The minimum Gasteiger partial charge on any atom is -0.491 e.